The van der Waals surface area contributed by atoms with Gasteiger partial charge in [-0.05, 0) is 38.3 Å². The second-order valence-electron chi connectivity index (χ2n) is 6.27. The zero-order chi connectivity index (χ0) is 17.3. The molecular weight excluding hydrogens is 326 g/mol. The lowest BCUT2D eigenvalue weighted by molar-refractivity contribution is -0.384. The molecule has 0 unspecified atom stereocenters. The molecule has 1 aliphatic carbocycles. The number of aliphatic hydroxyl groups is 1. The molecule has 1 atom stereocenters. The summed E-state index contributed by atoms with van der Waals surface area (Å²) in [7, 11) is 0. The minimum absolute atomic E-state index is 0.0750. The normalized spacial score (nSPS) is 17.4. The Morgan fingerprint density at radius 1 is 1.42 bits per heavy atom. The molecule has 3 rings (SSSR count). The van der Waals surface area contributed by atoms with E-state index in [1.807, 2.05) is 12.3 Å². The maximum absolute atomic E-state index is 10.9. The van der Waals surface area contributed by atoms with Gasteiger partial charge in [0.1, 0.15) is 0 Å². The average molecular weight is 347 g/mol. The highest BCUT2D eigenvalue weighted by Gasteiger charge is 2.22. The SMILES string of the molecule is Cc1cc([N+](=O)[O-])ccc1N=c1scc([C@H](C)O)n1C1CCCC1. The molecule has 1 aromatic carbocycles. The highest BCUT2D eigenvalue weighted by atomic mass is 32.1. The van der Waals surface area contributed by atoms with Crippen LogP contribution in [0.15, 0.2) is 28.6 Å². The number of nitrogens with zero attached hydrogens (tertiary/aromatic N) is 3. The fourth-order valence-electron chi connectivity index (χ4n) is 3.23. The van der Waals surface area contributed by atoms with E-state index in [1.165, 1.54) is 30.2 Å². The van der Waals surface area contributed by atoms with E-state index in [0.717, 1.165) is 34.6 Å². The molecule has 2 aromatic rings. The number of aromatic nitrogens is 1. The molecular formula is C17H21N3O3S. The standard InChI is InChI=1S/C17H21N3O3S/c1-11-9-14(20(22)23)7-8-15(11)18-17-19(13-5-3-4-6-13)16(10-24-17)12(2)21/h7-10,12-13,21H,3-6H2,1-2H3/t12-/m0/s1. The number of nitro groups is 1. The monoisotopic (exact) mass is 347 g/mol. The van der Waals surface area contributed by atoms with Gasteiger partial charge in [-0.15, -0.1) is 11.3 Å². The first-order valence-corrected chi connectivity index (χ1v) is 9.03. The average Bonchev–Trinajstić information content (AvgIpc) is 3.17. The number of benzene rings is 1. The third-order valence-electron chi connectivity index (χ3n) is 4.49. The summed E-state index contributed by atoms with van der Waals surface area (Å²) in [6.45, 7) is 3.60. The van der Waals surface area contributed by atoms with Crippen molar-refractivity contribution in [1.82, 2.24) is 4.57 Å². The molecule has 1 aromatic heterocycles. The summed E-state index contributed by atoms with van der Waals surface area (Å²) >= 11 is 1.51. The molecule has 6 nitrogen and oxygen atoms in total. The van der Waals surface area contributed by atoms with E-state index in [0.29, 0.717) is 6.04 Å². The summed E-state index contributed by atoms with van der Waals surface area (Å²) in [4.78, 5) is 16.1. The molecule has 24 heavy (non-hydrogen) atoms. The number of non-ortho nitro benzene ring substituents is 1. The van der Waals surface area contributed by atoms with Gasteiger partial charge in [0.25, 0.3) is 5.69 Å². The van der Waals surface area contributed by atoms with Crippen LogP contribution in [0.5, 0.6) is 0 Å². The lowest BCUT2D eigenvalue weighted by Gasteiger charge is -2.17. The number of rotatable bonds is 4. The van der Waals surface area contributed by atoms with Crippen molar-refractivity contribution in [2.75, 3.05) is 0 Å². The molecule has 0 spiro atoms. The third-order valence-corrected chi connectivity index (χ3v) is 5.35. The summed E-state index contributed by atoms with van der Waals surface area (Å²) in [5.74, 6) is 0. The molecule has 1 aliphatic rings. The Labute approximate surface area is 144 Å². The first kappa shape index (κ1) is 16.9. The smallest absolute Gasteiger partial charge is 0.269 e. The maximum atomic E-state index is 10.9. The zero-order valence-electron chi connectivity index (χ0n) is 13.8. The van der Waals surface area contributed by atoms with Gasteiger partial charge in [0, 0.05) is 23.6 Å². The molecule has 0 radical (unpaired) electrons. The molecule has 1 fully saturated rings. The van der Waals surface area contributed by atoms with Gasteiger partial charge in [-0.2, -0.15) is 0 Å². The predicted molar refractivity (Wildman–Crippen MR) is 93.5 cm³/mol. The minimum Gasteiger partial charge on any atom is -0.387 e. The lowest BCUT2D eigenvalue weighted by atomic mass is 10.2. The van der Waals surface area contributed by atoms with Crippen LogP contribution in [0.25, 0.3) is 0 Å². The number of hydrogen-bond donors (Lipinski definition) is 1. The van der Waals surface area contributed by atoms with E-state index in [1.54, 1.807) is 19.1 Å². The largest absolute Gasteiger partial charge is 0.387 e. The Bertz CT molecular complexity index is 817. The highest BCUT2D eigenvalue weighted by Crippen LogP contribution is 2.32. The second-order valence-corrected chi connectivity index (χ2v) is 7.10. The molecule has 1 saturated carbocycles. The van der Waals surface area contributed by atoms with E-state index in [4.69, 9.17) is 4.99 Å². The summed E-state index contributed by atoms with van der Waals surface area (Å²) in [6, 6.07) is 5.09. The Kier molecular flexibility index (Phi) is 4.82. The second kappa shape index (κ2) is 6.86. The van der Waals surface area contributed by atoms with Gasteiger partial charge < -0.3 is 9.67 Å². The van der Waals surface area contributed by atoms with Crippen molar-refractivity contribution in [2.24, 2.45) is 4.99 Å². The molecule has 1 heterocycles. The van der Waals surface area contributed by atoms with Crippen molar-refractivity contribution in [3.63, 3.8) is 0 Å². The van der Waals surface area contributed by atoms with E-state index in [9.17, 15) is 15.2 Å². The number of aryl methyl sites for hydroxylation is 1. The third kappa shape index (κ3) is 3.27. The Morgan fingerprint density at radius 2 is 2.12 bits per heavy atom. The Morgan fingerprint density at radius 3 is 2.71 bits per heavy atom. The van der Waals surface area contributed by atoms with Crippen molar-refractivity contribution in [3.05, 3.63) is 49.8 Å². The van der Waals surface area contributed by atoms with Crippen LogP contribution >= 0.6 is 11.3 Å². The van der Waals surface area contributed by atoms with Gasteiger partial charge in [-0.3, -0.25) is 10.1 Å². The molecule has 1 N–H and O–H groups in total. The van der Waals surface area contributed by atoms with E-state index >= 15 is 0 Å². The van der Waals surface area contributed by atoms with Crippen LogP contribution in [-0.2, 0) is 0 Å². The van der Waals surface area contributed by atoms with Crippen LogP contribution in [-0.4, -0.2) is 14.6 Å². The summed E-state index contributed by atoms with van der Waals surface area (Å²) in [6.07, 6.45) is 4.06. The topological polar surface area (TPSA) is 80.7 Å². The fraction of sp³-hybridized carbons (Fsp3) is 0.471. The van der Waals surface area contributed by atoms with E-state index in [2.05, 4.69) is 4.57 Å². The van der Waals surface area contributed by atoms with Crippen molar-refractivity contribution in [3.8, 4) is 0 Å². The first-order chi connectivity index (χ1) is 11.5. The number of aliphatic hydroxyl groups excluding tert-OH is 1. The van der Waals surface area contributed by atoms with Crippen LogP contribution in [0.3, 0.4) is 0 Å². The van der Waals surface area contributed by atoms with Gasteiger partial charge in [0.2, 0.25) is 0 Å². The van der Waals surface area contributed by atoms with Crippen LogP contribution in [0, 0.1) is 17.0 Å². The summed E-state index contributed by atoms with van der Waals surface area (Å²) < 4.78 is 2.16. The summed E-state index contributed by atoms with van der Waals surface area (Å²) in [5, 5.41) is 22.9. The van der Waals surface area contributed by atoms with Crippen molar-refractivity contribution in [1.29, 1.82) is 0 Å². The first-order valence-electron chi connectivity index (χ1n) is 8.15. The van der Waals surface area contributed by atoms with Crippen molar-refractivity contribution >= 4 is 22.7 Å². The maximum Gasteiger partial charge on any atom is 0.269 e. The zero-order valence-corrected chi connectivity index (χ0v) is 14.6. The van der Waals surface area contributed by atoms with E-state index < -0.39 is 11.0 Å². The Hall–Kier alpha value is -1.99. The van der Waals surface area contributed by atoms with Gasteiger partial charge in [-0.25, -0.2) is 4.99 Å². The molecule has 0 aliphatic heterocycles. The van der Waals surface area contributed by atoms with Gasteiger partial charge in [0.05, 0.1) is 22.4 Å². The van der Waals surface area contributed by atoms with Crippen LogP contribution < -0.4 is 4.80 Å². The van der Waals surface area contributed by atoms with Crippen molar-refractivity contribution < 1.29 is 10.0 Å². The van der Waals surface area contributed by atoms with Crippen LogP contribution in [0.1, 0.15) is 56.0 Å². The quantitative estimate of drug-likeness (QED) is 0.666. The van der Waals surface area contributed by atoms with Crippen LogP contribution in [0.2, 0.25) is 0 Å². The molecule has 0 amide bonds. The molecule has 7 heteroatoms. The highest BCUT2D eigenvalue weighted by molar-refractivity contribution is 7.07. The number of hydrogen-bond acceptors (Lipinski definition) is 5. The fourth-order valence-corrected chi connectivity index (χ4v) is 4.28. The van der Waals surface area contributed by atoms with Gasteiger partial charge in [0.15, 0.2) is 4.80 Å². The predicted octanol–water partition coefficient (Wildman–Crippen LogP) is 4.17. The number of nitro benzene ring substituents is 1. The summed E-state index contributed by atoms with van der Waals surface area (Å²) in [5.41, 5.74) is 2.47. The van der Waals surface area contributed by atoms with Gasteiger partial charge >= 0.3 is 0 Å². The molecule has 0 saturated heterocycles. The molecule has 128 valence electrons. The lowest BCUT2D eigenvalue weighted by Crippen LogP contribution is -2.22. The van der Waals surface area contributed by atoms with Crippen molar-refractivity contribution in [2.45, 2.75) is 51.7 Å². The van der Waals surface area contributed by atoms with Gasteiger partial charge in [-0.1, -0.05) is 12.8 Å². The minimum atomic E-state index is -0.538. The van der Waals surface area contributed by atoms with E-state index in [-0.39, 0.29) is 5.69 Å². The molecule has 0 bridgehead atoms. The van der Waals surface area contributed by atoms with Crippen LogP contribution in [0.4, 0.5) is 11.4 Å². The Balaban J connectivity index is 2.08. The number of thiazole rings is 1.